The molecular formula is C24H24N6O3. The number of hydrogen-bond donors (Lipinski definition) is 4. The van der Waals surface area contributed by atoms with Crippen LogP contribution in [-0.4, -0.2) is 51.7 Å². The third-order valence-corrected chi connectivity index (χ3v) is 6.16. The number of ether oxygens (including phenoxy) is 2. The Kier molecular flexibility index (Phi) is 4.95. The van der Waals surface area contributed by atoms with Gasteiger partial charge in [-0.25, -0.2) is 0 Å². The maximum atomic E-state index is 12.9. The van der Waals surface area contributed by atoms with Crippen molar-refractivity contribution in [3.05, 3.63) is 54.2 Å². The molecule has 1 amide bonds. The van der Waals surface area contributed by atoms with E-state index in [1.807, 2.05) is 24.4 Å². The van der Waals surface area contributed by atoms with Crippen molar-refractivity contribution in [3.63, 3.8) is 0 Å². The van der Waals surface area contributed by atoms with Crippen molar-refractivity contribution in [2.75, 3.05) is 25.1 Å². The molecule has 0 saturated carbocycles. The Balaban J connectivity index is 1.43. The highest BCUT2D eigenvalue weighted by Gasteiger charge is 2.29. The van der Waals surface area contributed by atoms with Crippen LogP contribution in [0.2, 0.25) is 0 Å². The molecule has 4 aromatic rings. The van der Waals surface area contributed by atoms with Crippen LogP contribution in [-0.2, 0) is 11.2 Å². The molecule has 9 heteroatoms. The first-order chi connectivity index (χ1) is 16.3. The van der Waals surface area contributed by atoms with Gasteiger partial charge in [-0.2, -0.15) is 0 Å². The molecule has 0 bridgehead atoms. The van der Waals surface area contributed by atoms with Crippen LogP contribution >= 0.6 is 0 Å². The van der Waals surface area contributed by atoms with Gasteiger partial charge in [-0.3, -0.25) is 14.8 Å². The molecule has 9 nitrogen and oxygen atoms in total. The van der Waals surface area contributed by atoms with Crippen molar-refractivity contribution in [3.8, 4) is 17.0 Å². The molecule has 0 aliphatic carbocycles. The molecule has 33 heavy (non-hydrogen) atoms. The summed E-state index contributed by atoms with van der Waals surface area (Å²) in [5.74, 6) is 0.539. The number of carbonyl (C=O) groups is 1. The highest BCUT2D eigenvalue weighted by molar-refractivity contribution is 6.07. The number of nitrogens with one attached hydrogen (secondary N) is 4. The van der Waals surface area contributed by atoms with Gasteiger partial charge in [0.15, 0.2) is 0 Å². The molecule has 2 aliphatic rings. The molecule has 168 valence electrons. The van der Waals surface area contributed by atoms with E-state index >= 15 is 0 Å². The topological polar surface area (TPSA) is 117 Å². The number of nitrogens with zero attached hydrogens (tertiary/aromatic N) is 2. The predicted octanol–water partition coefficient (Wildman–Crippen LogP) is 3.54. The molecule has 0 radical (unpaired) electrons. The Labute approximate surface area is 189 Å². The quantitative estimate of drug-likeness (QED) is 0.361. The molecule has 1 fully saturated rings. The van der Waals surface area contributed by atoms with Crippen LogP contribution in [0.3, 0.4) is 0 Å². The van der Waals surface area contributed by atoms with Crippen molar-refractivity contribution in [2.45, 2.75) is 25.4 Å². The van der Waals surface area contributed by atoms with E-state index < -0.39 is 0 Å². The van der Waals surface area contributed by atoms with Crippen LogP contribution in [0.25, 0.3) is 22.3 Å². The van der Waals surface area contributed by atoms with Gasteiger partial charge in [0, 0.05) is 49.4 Å². The van der Waals surface area contributed by atoms with E-state index in [2.05, 4.69) is 30.6 Å². The first-order valence-corrected chi connectivity index (χ1v) is 11.2. The van der Waals surface area contributed by atoms with Crippen molar-refractivity contribution < 1.29 is 14.3 Å². The third kappa shape index (κ3) is 3.60. The van der Waals surface area contributed by atoms with Crippen LogP contribution in [0.4, 0.5) is 11.4 Å². The molecule has 6 rings (SSSR count). The summed E-state index contributed by atoms with van der Waals surface area (Å²) in [6.45, 7) is 1.84. The van der Waals surface area contributed by atoms with E-state index in [0.29, 0.717) is 30.2 Å². The summed E-state index contributed by atoms with van der Waals surface area (Å²) < 4.78 is 11.8. The second-order valence-corrected chi connectivity index (χ2v) is 8.28. The van der Waals surface area contributed by atoms with E-state index in [-0.39, 0.29) is 12.0 Å². The highest BCUT2D eigenvalue weighted by Crippen LogP contribution is 2.41. The molecule has 4 aromatic heterocycles. The van der Waals surface area contributed by atoms with E-state index in [0.717, 1.165) is 59.5 Å². The molecule has 2 aliphatic heterocycles. The van der Waals surface area contributed by atoms with Gasteiger partial charge in [-0.15, -0.1) is 0 Å². The highest BCUT2D eigenvalue weighted by atomic mass is 16.5. The lowest BCUT2D eigenvalue weighted by Crippen LogP contribution is -2.31. The Morgan fingerprint density at radius 2 is 2.24 bits per heavy atom. The minimum Gasteiger partial charge on any atom is -0.489 e. The molecule has 4 N–H and O–H groups in total. The second-order valence-electron chi connectivity index (χ2n) is 8.28. The van der Waals surface area contributed by atoms with Gasteiger partial charge in [0.25, 0.3) is 5.91 Å². The predicted molar refractivity (Wildman–Crippen MR) is 124 cm³/mol. The summed E-state index contributed by atoms with van der Waals surface area (Å²) in [5.41, 5.74) is 6.34. The second kappa shape index (κ2) is 8.25. The number of amides is 1. The number of aromatic amines is 2. The van der Waals surface area contributed by atoms with Crippen LogP contribution < -0.4 is 15.4 Å². The molecule has 0 unspecified atom stereocenters. The third-order valence-electron chi connectivity index (χ3n) is 6.16. The molecule has 0 spiro atoms. The lowest BCUT2D eigenvalue weighted by Gasteiger charge is -2.16. The maximum absolute atomic E-state index is 12.9. The first-order valence-electron chi connectivity index (χ1n) is 11.2. The minimum atomic E-state index is -0.107. The van der Waals surface area contributed by atoms with E-state index in [1.165, 1.54) is 0 Å². The van der Waals surface area contributed by atoms with E-state index in [9.17, 15) is 4.79 Å². The maximum Gasteiger partial charge on any atom is 0.255 e. The fourth-order valence-electron chi connectivity index (χ4n) is 4.55. The van der Waals surface area contributed by atoms with Gasteiger partial charge in [0.2, 0.25) is 0 Å². The van der Waals surface area contributed by atoms with Crippen LogP contribution in [0, 0.1) is 0 Å². The summed E-state index contributed by atoms with van der Waals surface area (Å²) in [6.07, 6.45) is 9.91. The number of anilines is 2. The van der Waals surface area contributed by atoms with E-state index in [1.54, 1.807) is 18.6 Å². The van der Waals surface area contributed by atoms with Crippen LogP contribution in [0.15, 0.2) is 43.0 Å². The number of hydrogen-bond acceptors (Lipinski definition) is 6. The average Bonchev–Trinajstić information content (AvgIpc) is 3.58. The van der Waals surface area contributed by atoms with Crippen LogP contribution in [0.5, 0.6) is 5.75 Å². The van der Waals surface area contributed by atoms with Crippen molar-refractivity contribution in [2.24, 2.45) is 0 Å². The normalized spacial score (nSPS) is 17.7. The first kappa shape index (κ1) is 19.8. The van der Waals surface area contributed by atoms with E-state index in [4.69, 9.17) is 9.47 Å². The summed E-state index contributed by atoms with van der Waals surface area (Å²) in [6, 6.07) is 5.75. The Hall–Kier alpha value is -3.85. The summed E-state index contributed by atoms with van der Waals surface area (Å²) >= 11 is 0. The lowest BCUT2D eigenvalue weighted by molar-refractivity contribution is 0.0680. The van der Waals surface area contributed by atoms with Gasteiger partial charge in [-0.1, -0.05) is 0 Å². The Morgan fingerprint density at radius 3 is 3.15 bits per heavy atom. The van der Waals surface area contributed by atoms with Gasteiger partial charge < -0.3 is 30.1 Å². The monoisotopic (exact) mass is 444 g/mol. The lowest BCUT2D eigenvalue weighted by atomic mass is 10.1. The Morgan fingerprint density at radius 1 is 1.27 bits per heavy atom. The zero-order valence-electron chi connectivity index (χ0n) is 18.0. The SMILES string of the molecule is O=C1NCCc2[nH]c(-c3ccncc3OC[C@H]3CCCO3)c(Nc3c[nH]c4cccnc34)c21. The van der Waals surface area contributed by atoms with Gasteiger partial charge in [0.1, 0.15) is 17.9 Å². The zero-order valence-corrected chi connectivity index (χ0v) is 18.0. The van der Waals surface area contributed by atoms with Crippen LogP contribution in [0.1, 0.15) is 28.9 Å². The summed E-state index contributed by atoms with van der Waals surface area (Å²) in [7, 11) is 0. The molecule has 6 heterocycles. The number of aromatic nitrogens is 4. The number of carbonyl (C=O) groups excluding carboxylic acids is 1. The summed E-state index contributed by atoms with van der Waals surface area (Å²) in [5, 5.41) is 6.43. The van der Waals surface area contributed by atoms with Gasteiger partial charge in [0.05, 0.1) is 40.4 Å². The molecular weight excluding hydrogens is 420 g/mol. The fourth-order valence-corrected chi connectivity index (χ4v) is 4.55. The number of pyridine rings is 2. The fraction of sp³-hybridized carbons (Fsp3) is 0.292. The number of rotatable bonds is 6. The van der Waals surface area contributed by atoms with Crippen molar-refractivity contribution >= 4 is 28.3 Å². The summed E-state index contributed by atoms with van der Waals surface area (Å²) in [4.78, 5) is 28.3. The zero-order chi connectivity index (χ0) is 22.2. The molecule has 1 atom stereocenters. The smallest absolute Gasteiger partial charge is 0.255 e. The van der Waals surface area contributed by atoms with Crippen molar-refractivity contribution in [1.82, 2.24) is 25.3 Å². The number of H-pyrrole nitrogens is 2. The standard InChI is InChI=1S/C24H24N6O3/c31-24-20-16(6-9-27-24)29-21(23(20)30-18-11-28-17-4-1-7-26-22(17)18)15-5-8-25-12-19(15)33-13-14-3-2-10-32-14/h1,4-5,7-8,11-12,14,28-30H,2-3,6,9-10,13H2,(H,27,31)/t14-/m1/s1. The van der Waals surface area contributed by atoms with Crippen molar-refractivity contribution in [1.29, 1.82) is 0 Å². The Bertz CT molecular complexity index is 1320. The van der Waals surface area contributed by atoms with Gasteiger partial charge in [-0.05, 0) is 31.0 Å². The van der Waals surface area contributed by atoms with Gasteiger partial charge >= 0.3 is 0 Å². The molecule has 0 aromatic carbocycles. The largest absolute Gasteiger partial charge is 0.489 e. The minimum absolute atomic E-state index is 0.0931. The number of fused-ring (bicyclic) bond motifs is 2. The molecule has 1 saturated heterocycles. The average molecular weight is 444 g/mol.